The molecule has 0 saturated heterocycles. The summed E-state index contributed by atoms with van der Waals surface area (Å²) in [4.78, 5) is 21.4. The maximum atomic E-state index is 11.6. The Morgan fingerprint density at radius 1 is 1.00 bits per heavy atom. The van der Waals surface area contributed by atoms with Gasteiger partial charge in [-0.25, -0.2) is 0 Å². The SMILES string of the molecule is COc1cc(C=NNc2cccc([N+](=O)[O-])c2)cc([N+](=O)[O-])c1OCc1ccccc1. The van der Waals surface area contributed by atoms with E-state index >= 15 is 0 Å². The molecule has 158 valence electrons. The lowest BCUT2D eigenvalue weighted by atomic mass is 10.1. The quantitative estimate of drug-likeness (QED) is 0.304. The van der Waals surface area contributed by atoms with Gasteiger partial charge in [0.1, 0.15) is 6.61 Å². The molecule has 0 fully saturated rings. The lowest BCUT2D eigenvalue weighted by Crippen LogP contribution is -2.03. The average molecular weight is 422 g/mol. The molecule has 3 rings (SSSR count). The standard InChI is InChI=1S/C21H18N4O6/c1-30-20-11-16(13-22-23-17-8-5-9-18(12-17)24(26)27)10-19(25(28)29)21(20)31-14-15-6-3-2-4-7-15/h2-13,23H,14H2,1H3. The van der Waals surface area contributed by atoms with Gasteiger partial charge in [0.25, 0.3) is 5.69 Å². The number of nitrogens with zero attached hydrogens (tertiary/aromatic N) is 3. The Kier molecular flexibility index (Phi) is 6.74. The van der Waals surface area contributed by atoms with Crippen LogP contribution >= 0.6 is 0 Å². The molecule has 0 saturated carbocycles. The molecule has 0 aliphatic heterocycles. The van der Waals surface area contributed by atoms with Gasteiger partial charge in [0.2, 0.25) is 5.75 Å². The van der Waals surface area contributed by atoms with Crippen molar-refractivity contribution < 1.29 is 19.3 Å². The molecule has 10 heteroatoms. The monoisotopic (exact) mass is 422 g/mol. The Morgan fingerprint density at radius 2 is 1.77 bits per heavy atom. The number of hydrogen-bond acceptors (Lipinski definition) is 8. The fourth-order valence-electron chi connectivity index (χ4n) is 2.72. The summed E-state index contributed by atoms with van der Waals surface area (Å²) in [5.41, 5.74) is 3.94. The lowest BCUT2D eigenvalue weighted by Gasteiger charge is -2.12. The third kappa shape index (κ3) is 5.54. The van der Waals surface area contributed by atoms with Crippen molar-refractivity contribution in [3.8, 4) is 11.5 Å². The summed E-state index contributed by atoms with van der Waals surface area (Å²) in [5, 5.41) is 26.4. The van der Waals surface area contributed by atoms with Crippen LogP contribution in [0.2, 0.25) is 0 Å². The Labute approximate surface area is 177 Å². The van der Waals surface area contributed by atoms with Gasteiger partial charge in [-0.05, 0) is 17.7 Å². The van der Waals surface area contributed by atoms with Crippen molar-refractivity contribution in [2.45, 2.75) is 6.61 Å². The molecule has 0 amide bonds. The molecular formula is C21H18N4O6. The van der Waals surface area contributed by atoms with Gasteiger partial charge < -0.3 is 9.47 Å². The highest BCUT2D eigenvalue weighted by Crippen LogP contribution is 2.38. The van der Waals surface area contributed by atoms with Gasteiger partial charge in [0.15, 0.2) is 5.75 Å². The largest absolute Gasteiger partial charge is 0.493 e. The molecule has 0 heterocycles. The number of nitro groups is 2. The maximum absolute atomic E-state index is 11.6. The molecule has 0 aliphatic rings. The van der Waals surface area contributed by atoms with Crippen molar-refractivity contribution in [1.82, 2.24) is 0 Å². The highest BCUT2D eigenvalue weighted by Gasteiger charge is 2.22. The van der Waals surface area contributed by atoms with Gasteiger partial charge >= 0.3 is 5.69 Å². The van der Waals surface area contributed by atoms with Crippen LogP contribution in [0.4, 0.5) is 17.1 Å². The predicted molar refractivity (Wildman–Crippen MR) is 115 cm³/mol. The number of hydrazone groups is 1. The predicted octanol–water partition coefficient (Wildman–Crippen LogP) is 4.54. The van der Waals surface area contributed by atoms with E-state index in [1.165, 1.54) is 37.6 Å². The lowest BCUT2D eigenvalue weighted by molar-refractivity contribution is -0.386. The minimum atomic E-state index is -0.561. The third-order valence-electron chi connectivity index (χ3n) is 4.16. The summed E-state index contributed by atoms with van der Waals surface area (Å²) < 4.78 is 11.0. The Balaban J connectivity index is 1.82. The zero-order chi connectivity index (χ0) is 22.2. The van der Waals surface area contributed by atoms with Gasteiger partial charge in [-0.15, -0.1) is 0 Å². The summed E-state index contributed by atoms with van der Waals surface area (Å²) in [7, 11) is 1.39. The van der Waals surface area contributed by atoms with Crippen molar-refractivity contribution in [2.75, 3.05) is 12.5 Å². The van der Waals surface area contributed by atoms with Crippen LogP contribution in [-0.4, -0.2) is 23.2 Å². The van der Waals surface area contributed by atoms with E-state index in [1.54, 1.807) is 12.1 Å². The molecule has 3 aromatic carbocycles. The van der Waals surface area contributed by atoms with E-state index in [1.807, 2.05) is 30.3 Å². The summed E-state index contributed by atoms with van der Waals surface area (Å²) in [6, 6.07) is 17.9. The second kappa shape index (κ2) is 9.83. The molecule has 0 unspecified atom stereocenters. The average Bonchev–Trinajstić information content (AvgIpc) is 2.78. The smallest absolute Gasteiger partial charge is 0.315 e. The fourth-order valence-corrected chi connectivity index (χ4v) is 2.72. The normalized spacial score (nSPS) is 10.6. The van der Waals surface area contributed by atoms with Crippen molar-refractivity contribution >= 4 is 23.3 Å². The number of nitro benzene ring substituents is 2. The topological polar surface area (TPSA) is 129 Å². The molecule has 0 atom stereocenters. The first-order chi connectivity index (χ1) is 15.0. The van der Waals surface area contributed by atoms with E-state index < -0.39 is 9.85 Å². The van der Waals surface area contributed by atoms with Gasteiger partial charge in [-0.2, -0.15) is 5.10 Å². The van der Waals surface area contributed by atoms with Crippen LogP contribution in [0.5, 0.6) is 11.5 Å². The summed E-state index contributed by atoms with van der Waals surface area (Å²) in [5.74, 6) is 0.196. The van der Waals surface area contributed by atoms with E-state index in [0.29, 0.717) is 11.3 Å². The van der Waals surface area contributed by atoms with E-state index in [-0.39, 0.29) is 29.5 Å². The fraction of sp³-hybridized carbons (Fsp3) is 0.0952. The zero-order valence-electron chi connectivity index (χ0n) is 16.4. The Morgan fingerprint density at radius 3 is 2.45 bits per heavy atom. The number of ether oxygens (including phenoxy) is 2. The Hall–Kier alpha value is -4.47. The highest BCUT2D eigenvalue weighted by atomic mass is 16.6. The first-order valence-electron chi connectivity index (χ1n) is 9.04. The second-order valence-corrected chi connectivity index (χ2v) is 6.28. The van der Waals surface area contributed by atoms with Crippen LogP contribution < -0.4 is 14.9 Å². The van der Waals surface area contributed by atoms with Crippen molar-refractivity contribution in [2.24, 2.45) is 5.10 Å². The molecule has 0 aromatic heterocycles. The maximum Gasteiger partial charge on any atom is 0.315 e. The number of rotatable bonds is 9. The summed E-state index contributed by atoms with van der Waals surface area (Å²) in [6.45, 7) is 0.139. The molecule has 0 spiro atoms. The van der Waals surface area contributed by atoms with Gasteiger partial charge in [-0.3, -0.25) is 25.7 Å². The van der Waals surface area contributed by atoms with Gasteiger partial charge in [0, 0.05) is 23.8 Å². The van der Waals surface area contributed by atoms with Crippen molar-refractivity contribution in [3.63, 3.8) is 0 Å². The van der Waals surface area contributed by atoms with Crippen LogP contribution in [-0.2, 0) is 6.61 Å². The summed E-state index contributed by atoms with van der Waals surface area (Å²) in [6.07, 6.45) is 1.34. The van der Waals surface area contributed by atoms with Crippen LogP contribution in [0.1, 0.15) is 11.1 Å². The zero-order valence-corrected chi connectivity index (χ0v) is 16.4. The second-order valence-electron chi connectivity index (χ2n) is 6.28. The van der Waals surface area contributed by atoms with Crippen LogP contribution in [0.3, 0.4) is 0 Å². The Bertz CT molecular complexity index is 1120. The molecule has 1 N–H and O–H groups in total. The minimum absolute atomic E-state index is 0.0140. The number of non-ortho nitro benzene ring substituents is 1. The number of hydrogen-bond donors (Lipinski definition) is 1. The van der Waals surface area contributed by atoms with E-state index in [2.05, 4.69) is 10.5 Å². The van der Waals surface area contributed by atoms with Gasteiger partial charge in [-0.1, -0.05) is 36.4 Å². The van der Waals surface area contributed by atoms with E-state index in [9.17, 15) is 20.2 Å². The van der Waals surface area contributed by atoms with Crippen molar-refractivity contribution in [1.29, 1.82) is 0 Å². The van der Waals surface area contributed by atoms with Crippen LogP contribution in [0, 0.1) is 20.2 Å². The molecule has 31 heavy (non-hydrogen) atoms. The number of methoxy groups -OCH3 is 1. The van der Waals surface area contributed by atoms with E-state index in [4.69, 9.17) is 9.47 Å². The molecule has 0 radical (unpaired) electrons. The molecular weight excluding hydrogens is 404 g/mol. The van der Waals surface area contributed by atoms with Gasteiger partial charge in [0.05, 0.1) is 28.9 Å². The molecule has 0 bridgehead atoms. The molecule has 3 aromatic rings. The first-order valence-corrected chi connectivity index (χ1v) is 9.04. The first kappa shape index (κ1) is 21.2. The molecule has 0 aliphatic carbocycles. The summed E-state index contributed by atoms with van der Waals surface area (Å²) >= 11 is 0. The van der Waals surface area contributed by atoms with E-state index in [0.717, 1.165) is 5.56 Å². The van der Waals surface area contributed by atoms with Crippen LogP contribution in [0.15, 0.2) is 71.8 Å². The number of benzene rings is 3. The number of anilines is 1. The molecule has 10 nitrogen and oxygen atoms in total. The number of nitrogens with one attached hydrogen (secondary N) is 1. The highest BCUT2D eigenvalue weighted by molar-refractivity contribution is 5.83. The minimum Gasteiger partial charge on any atom is -0.493 e. The van der Waals surface area contributed by atoms with Crippen molar-refractivity contribution in [3.05, 3.63) is 98.1 Å². The third-order valence-corrected chi connectivity index (χ3v) is 4.16. The van der Waals surface area contributed by atoms with Crippen LogP contribution in [0.25, 0.3) is 0 Å².